The topological polar surface area (TPSA) is 86.8 Å². The van der Waals surface area contributed by atoms with Crippen LogP contribution in [0.25, 0.3) is 0 Å². The molecular formula is C32H41N3O4S. The molecule has 0 aliphatic heterocycles. The number of anilines is 1. The highest BCUT2D eigenvalue weighted by Crippen LogP contribution is 2.26. The number of benzene rings is 3. The van der Waals surface area contributed by atoms with E-state index in [2.05, 4.69) is 5.32 Å². The minimum atomic E-state index is -4.08. The number of nitrogens with one attached hydrogen (secondary N) is 1. The summed E-state index contributed by atoms with van der Waals surface area (Å²) in [5.41, 5.74) is 2.82. The number of carbonyl (C=O) groups is 2. The Morgan fingerprint density at radius 1 is 0.875 bits per heavy atom. The summed E-state index contributed by atoms with van der Waals surface area (Å²) < 4.78 is 28.9. The van der Waals surface area contributed by atoms with Crippen molar-refractivity contribution >= 4 is 27.5 Å². The molecular weight excluding hydrogens is 522 g/mol. The Balaban J connectivity index is 2.07. The van der Waals surface area contributed by atoms with E-state index in [-0.39, 0.29) is 17.3 Å². The van der Waals surface area contributed by atoms with Crippen molar-refractivity contribution in [2.24, 2.45) is 0 Å². The lowest BCUT2D eigenvalue weighted by atomic mass is 10.0. The molecule has 0 aliphatic rings. The molecule has 1 unspecified atom stereocenters. The monoisotopic (exact) mass is 563 g/mol. The second kappa shape index (κ2) is 13.1. The first-order valence-electron chi connectivity index (χ1n) is 13.7. The summed E-state index contributed by atoms with van der Waals surface area (Å²) in [7, 11) is -4.08. The van der Waals surface area contributed by atoms with E-state index in [1.807, 2.05) is 77.9 Å². The van der Waals surface area contributed by atoms with Gasteiger partial charge in [0.05, 0.1) is 10.6 Å². The van der Waals surface area contributed by atoms with Crippen LogP contribution < -0.4 is 9.62 Å². The highest BCUT2D eigenvalue weighted by Gasteiger charge is 2.34. The first-order chi connectivity index (χ1) is 18.9. The van der Waals surface area contributed by atoms with Crippen LogP contribution in [0.2, 0.25) is 0 Å². The molecule has 7 nitrogen and oxygen atoms in total. The Kier molecular flexibility index (Phi) is 10.1. The molecule has 0 saturated carbocycles. The SMILES string of the molecule is CCc1ccc(N(CC(=O)N(Cc2ccccc2C)C(CC)C(=O)NC(C)(C)C)S(=O)(=O)c2ccccc2)cc1. The van der Waals surface area contributed by atoms with Gasteiger partial charge >= 0.3 is 0 Å². The van der Waals surface area contributed by atoms with Gasteiger partial charge in [-0.25, -0.2) is 8.42 Å². The van der Waals surface area contributed by atoms with E-state index >= 15 is 0 Å². The van der Waals surface area contributed by atoms with Gasteiger partial charge in [-0.2, -0.15) is 0 Å². The average molecular weight is 564 g/mol. The normalized spacial score (nSPS) is 12.4. The number of amides is 2. The van der Waals surface area contributed by atoms with Gasteiger partial charge in [0.25, 0.3) is 10.0 Å². The van der Waals surface area contributed by atoms with Crippen LogP contribution in [0.1, 0.15) is 57.7 Å². The molecule has 3 rings (SSSR count). The highest BCUT2D eigenvalue weighted by molar-refractivity contribution is 7.92. The van der Waals surface area contributed by atoms with Crippen LogP contribution in [0.5, 0.6) is 0 Å². The van der Waals surface area contributed by atoms with E-state index in [0.29, 0.717) is 12.1 Å². The maximum absolute atomic E-state index is 14.2. The van der Waals surface area contributed by atoms with Crippen LogP contribution >= 0.6 is 0 Å². The van der Waals surface area contributed by atoms with Crippen molar-refractivity contribution in [3.63, 3.8) is 0 Å². The Hall–Kier alpha value is -3.65. The number of hydrogen-bond acceptors (Lipinski definition) is 4. The summed E-state index contributed by atoms with van der Waals surface area (Å²) in [6, 6.07) is 22.2. The smallest absolute Gasteiger partial charge is 0.264 e. The third-order valence-electron chi connectivity index (χ3n) is 6.73. The summed E-state index contributed by atoms with van der Waals surface area (Å²) in [6.45, 7) is 11.2. The standard InChI is InChI=1S/C32H41N3O4S/c1-7-25-18-20-27(21-19-25)35(40(38,39)28-16-10-9-11-17-28)23-30(36)34(22-26-15-13-12-14-24(26)3)29(8-2)31(37)33-32(4,5)6/h9-21,29H,7-8,22-23H2,1-6H3,(H,33,37). The molecule has 214 valence electrons. The maximum Gasteiger partial charge on any atom is 0.264 e. The molecule has 1 atom stereocenters. The van der Waals surface area contributed by atoms with Gasteiger partial charge in [0.15, 0.2) is 0 Å². The fraction of sp³-hybridized carbons (Fsp3) is 0.375. The van der Waals surface area contributed by atoms with Crippen molar-refractivity contribution in [1.82, 2.24) is 10.2 Å². The van der Waals surface area contributed by atoms with Crippen LogP contribution in [-0.4, -0.2) is 43.3 Å². The Bertz CT molecular complexity index is 1400. The molecule has 3 aromatic rings. The molecule has 0 heterocycles. The molecule has 0 aromatic heterocycles. The van der Waals surface area contributed by atoms with Crippen LogP contribution in [0.3, 0.4) is 0 Å². The lowest BCUT2D eigenvalue weighted by molar-refractivity contribution is -0.141. The second-order valence-electron chi connectivity index (χ2n) is 11.0. The Morgan fingerprint density at radius 2 is 1.48 bits per heavy atom. The van der Waals surface area contributed by atoms with Crippen LogP contribution in [0.15, 0.2) is 83.8 Å². The molecule has 0 spiro atoms. The minimum absolute atomic E-state index is 0.0883. The first kappa shape index (κ1) is 30.9. The van der Waals surface area contributed by atoms with Gasteiger partial charge in [-0.1, -0.05) is 68.4 Å². The van der Waals surface area contributed by atoms with Gasteiger partial charge in [-0.05, 0) is 81.5 Å². The van der Waals surface area contributed by atoms with E-state index in [4.69, 9.17) is 0 Å². The van der Waals surface area contributed by atoms with Crippen molar-refractivity contribution in [2.75, 3.05) is 10.8 Å². The zero-order valence-corrected chi connectivity index (χ0v) is 25.2. The van der Waals surface area contributed by atoms with Crippen LogP contribution in [0.4, 0.5) is 5.69 Å². The van der Waals surface area contributed by atoms with Crippen molar-refractivity contribution in [2.45, 2.75) is 77.4 Å². The number of aryl methyl sites for hydroxylation is 2. The molecule has 1 N–H and O–H groups in total. The van der Waals surface area contributed by atoms with Gasteiger partial charge < -0.3 is 10.2 Å². The largest absolute Gasteiger partial charge is 0.350 e. The van der Waals surface area contributed by atoms with E-state index in [1.54, 1.807) is 30.3 Å². The average Bonchev–Trinajstić information content (AvgIpc) is 2.92. The first-order valence-corrected chi connectivity index (χ1v) is 15.1. The van der Waals surface area contributed by atoms with Gasteiger partial charge in [-0.15, -0.1) is 0 Å². The van der Waals surface area contributed by atoms with Gasteiger partial charge in [0.2, 0.25) is 11.8 Å². The van der Waals surface area contributed by atoms with E-state index in [1.165, 1.54) is 17.0 Å². The molecule has 0 saturated heterocycles. The molecule has 8 heteroatoms. The third kappa shape index (κ3) is 7.72. The van der Waals surface area contributed by atoms with E-state index in [9.17, 15) is 18.0 Å². The molecule has 0 fully saturated rings. The zero-order chi connectivity index (χ0) is 29.5. The molecule has 40 heavy (non-hydrogen) atoms. The predicted molar refractivity (Wildman–Crippen MR) is 160 cm³/mol. The zero-order valence-electron chi connectivity index (χ0n) is 24.3. The second-order valence-corrected chi connectivity index (χ2v) is 12.8. The minimum Gasteiger partial charge on any atom is -0.350 e. The van der Waals surface area contributed by atoms with Crippen molar-refractivity contribution in [1.29, 1.82) is 0 Å². The van der Waals surface area contributed by atoms with Crippen molar-refractivity contribution in [3.05, 3.63) is 95.6 Å². The number of carbonyl (C=O) groups excluding carboxylic acids is 2. The highest BCUT2D eigenvalue weighted by atomic mass is 32.2. The Labute approximate surface area is 239 Å². The summed E-state index contributed by atoms with van der Waals surface area (Å²) in [5.74, 6) is -0.736. The number of rotatable bonds is 11. The van der Waals surface area contributed by atoms with E-state index < -0.39 is 34.1 Å². The number of nitrogens with zero attached hydrogens (tertiary/aromatic N) is 2. The summed E-state index contributed by atoms with van der Waals surface area (Å²) in [5, 5.41) is 2.99. The Morgan fingerprint density at radius 3 is 2.02 bits per heavy atom. The molecule has 2 amide bonds. The fourth-order valence-corrected chi connectivity index (χ4v) is 5.92. The summed E-state index contributed by atoms with van der Waals surface area (Å²) >= 11 is 0. The molecule has 0 radical (unpaired) electrons. The number of hydrogen-bond donors (Lipinski definition) is 1. The third-order valence-corrected chi connectivity index (χ3v) is 8.52. The molecule has 0 aliphatic carbocycles. The van der Waals surface area contributed by atoms with Gasteiger partial charge in [-0.3, -0.25) is 13.9 Å². The van der Waals surface area contributed by atoms with Crippen molar-refractivity contribution in [3.8, 4) is 0 Å². The van der Waals surface area contributed by atoms with Crippen LogP contribution in [0, 0.1) is 6.92 Å². The molecule has 0 bridgehead atoms. The molecule has 3 aromatic carbocycles. The van der Waals surface area contributed by atoms with Gasteiger partial charge in [0.1, 0.15) is 12.6 Å². The summed E-state index contributed by atoms with van der Waals surface area (Å²) in [4.78, 5) is 29.2. The predicted octanol–water partition coefficient (Wildman–Crippen LogP) is 5.47. The van der Waals surface area contributed by atoms with Crippen LogP contribution in [-0.2, 0) is 32.6 Å². The van der Waals surface area contributed by atoms with Gasteiger partial charge in [0, 0.05) is 12.1 Å². The van der Waals surface area contributed by atoms with E-state index in [0.717, 1.165) is 27.4 Å². The lowest BCUT2D eigenvalue weighted by Crippen LogP contribution is -2.55. The number of sulfonamides is 1. The fourth-order valence-electron chi connectivity index (χ4n) is 4.49. The van der Waals surface area contributed by atoms with Crippen molar-refractivity contribution < 1.29 is 18.0 Å². The summed E-state index contributed by atoms with van der Waals surface area (Å²) in [6.07, 6.45) is 1.17. The maximum atomic E-state index is 14.2. The lowest BCUT2D eigenvalue weighted by Gasteiger charge is -2.35. The quantitative estimate of drug-likeness (QED) is 0.335.